The van der Waals surface area contributed by atoms with Gasteiger partial charge in [-0.15, -0.1) is 0 Å². The van der Waals surface area contributed by atoms with Crippen LogP contribution in [0.25, 0.3) is 0 Å². The molecule has 2 rings (SSSR count). The van der Waals surface area contributed by atoms with E-state index in [4.69, 9.17) is 0 Å². The van der Waals surface area contributed by atoms with Crippen molar-refractivity contribution in [3.8, 4) is 0 Å². The second-order valence-corrected chi connectivity index (χ2v) is 3.40. The van der Waals surface area contributed by atoms with Gasteiger partial charge in [-0.3, -0.25) is 0 Å². The Morgan fingerprint density at radius 2 is 2.20 bits per heavy atom. The molecule has 0 unspecified atom stereocenters. The van der Waals surface area contributed by atoms with Crippen LogP contribution in [0.3, 0.4) is 0 Å². The van der Waals surface area contributed by atoms with Gasteiger partial charge in [0.15, 0.2) is 0 Å². The Bertz CT molecular complexity index is 440. The topological polar surface area (TPSA) is 34.0 Å². The van der Waals surface area contributed by atoms with Crippen LogP contribution in [0.15, 0.2) is 10.9 Å². The van der Waals surface area contributed by atoms with Gasteiger partial charge >= 0.3 is 83.2 Å². The molecule has 3 nitrogen and oxygen atoms in total. The van der Waals surface area contributed by atoms with Gasteiger partial charge in [-0.05, 0) is 0 Å². The molecule has 1 aromatic rings. The summed E-state index contributed by atoms with van der Waals surface area (Å²) in [6, 6.07) is 0.648. The van der Waals surface area contributed by atoms with Crippen LogP contribution in [0, 0.1) is 0 Å². The average molecular weight is 216 g/mol. The summed E-state index contributed by atoms with van der Waals surface area (Å²) in [5.41, 5.74) is -1.06. The third kappa shape index (κ3) is 1.97. The minimum atomic E-state index is -4.45. The molecule has 1 aliphatic rings. The fraction of sp³-hybridized carbons (Fsp3) is 0.500. The van der Waals surface area contributed by atoms with Crippen molar-refractivity contribution in [1.82, 2.24) is 9.88 Å². The molecule has 1 aliphatic heterocycles. The van der Waals surface area contributed by atoms with Gasteiger partial charge in [0, 0.05) is 0 Å². The molecule has 0 fully saturated rings. The predicted molar refractivity (Wildman–Crippen MR) is 48.8 cm³/mol. The van der Waals surface area contributed by atoms with Crippen LogP contribution >= 0.6 is 0 Å². The zero-order chi connectivity index (χ0) is 11.1. The van der Waals surface area contributed by atoms with Crippen molar-refractivity contribution in [2.45, 2.75) is 19.3 Å². The summed E-state index contributed by atoms with van der Waals surface area (Å²) in [5.74, 6) is 0. The third-order valence-corrected chi connectivity index (χ3v) is 2.36. The van der Waals surface area contributed by atoms with Crippen LogP contribution < -0.4 is 10.9 Å². The Morgan fingerprint density at radius 1 is 1.47 bits per heavy atom. The zero-order valence-corrected chi connectivity index (χ0v) is 7.77. The number of hydrogen-bond acceptors (Lipinski definition) is 2. The number of alkyl halides is 3. The maximum atomic E-state index is 12.4. The van der Waals surface area contributed by atoms with E-state index in [1.165, 1.54) is 4.57 Å². The number of rotatable bonds is 0. The van der Waals surface area contributed by atoms with Gasteiger partial charge in [-0.2, -0.15) is 0 Å². The summed E-state index contributed by atoms with van der Waals surface area (Å²) in [6.45, 7) is 2.36. The van der Waals surface area contributed by atoms with Crippen molar-refractivity contribution < 1.29 is 13.2 Å². The van der Waals surface area contributed by atoms with Gasteiger partial charge in [-0.1, -0.05) is 0 Å². The van der Waals surface area contributed by atoms with E-state index < -0.39 is 17.2 Å². The normalized spacial score (nSPS) is 15.9. The summed E-state index contributed by atoms with van der Waals surface area (Å²) in [4.78, 5) is 11.4. The van der Waals surface area contributed by atoms with Crippen LogP contribution in [0.4, 0.5) is 13.2 Å². The Morgan fingerprint density at radius 3 is 2.87 bits per heavy atom. The van der Waals surface area contributed by atoms with Gasteiger partial charge in [0.1, 0.15) is 0 Å². The third-order valence-electron chi connectivity index (χ3n) is 2.36. The number of hydrogen-bond donors (Lipinski definition) is 1. The molecule has 0 atom stereocenters. The molecule has 2 heterocycles. The molecule has 0 amide bonds. The maximum absolute atomic E-state index is 12.4. The predicted octanol–water partition coefficient (Wildman–Crippen LogP) is 0.308. The van der Waals surface area contributed by atoms with Crippen LogP contribution in [0.1, 0.15) is 11.0 Å². The molecule has 80 valence electrons. The summed E-state index contributed by atoms with van der Waals surface area (Å²) in [5, 5.41) is 2.92. The number of nitrogens with one attached hydrogen (secondary N) is 1. The average Bonchev–Trinajstić information content (AvgIpc) is 2.16. The first-order valence-corrected chi connectivity index (χ1v) is 4.50. The summed E-state index contributed by atoms with van der Waals surface area (Å²) >= 11 is 0. The summed E-state index contributed by atoms with van der Waals surface area (Å²) < 4.78 is 38.5. The first kappa shape index (κ1) is 10.4. The minimum absolute atomic E-state index is 0.305. The van der Waals surface area contributed by atoms with E-state index >= 15 is 0 Å². The number of aromatic nitrogens is 1. The van der Waals surface area contributed by atoms with Crippen molar-refractivity contribution in [3.05, 3.63) is 27.5 Å². The fourth-order valence-corrected chi connectivity index (χ4v) is 1.62. The Kier molecular flexibility index (Phi) is 2.42. The molecule has 0 aromatic carbocycles. The molecular weight excluding hydrogens is 208 g/mol. The Balaban J connectivity index is 2.55. The van der Waals surface area contributed by atoms with Crippen LogP contribution in [0.2, 0.25) is 0 Å². The number of nitrogens with zero attached hydrogens (tertiary/aromatic N) is 1. The molecule has 0 spiro atoms. The number of fused-ring (bicyclic) bond motifs is 1. The van der Waals surface area contributed by atoms with Crippen LogP contribution in [-0.4, -0.2) is 18.0 Å². The van der Waals surface area contributed by atoms with Crippen molar-refractivity contribution in [2.24, 2.45) is 0 Å². The van der Waals surface area contributed by atoms with Gasteiger partial charge in [0.05, 0.1) is 0 Å². The van der Waals surface area contributed by atoms with Crippen LogP contribution in [-0.2, 0) is 19.3 Å². The first-order chi connectivity index (χ1) is 6.98. The van der Waals surface area contributed by atoms with Gasteiger partial charge in [-0.25, -0.2) is 0 Å². The molecule has 1 N–H and O–H groups in total. The molecule has 0 saturated carbocycles. The summed E-state index contributed by atoms with van der Waals surface area (Å²) in [7, 11) is 0. The standard InChI is InChI=1S/C8H8BF3N2O/c10-8(11,12)5-3-7(15)14-2-1-13-4-6(14)9-5/h3,13H,1-2,4H2. The van der Waals surface area contributed by atoms with E-state index in [0.717, 1.165) is 6.91 Å². The zero-order valence-electron chi connectivity index (χ0n) is 7.77. The quantitative estimate of drug-likeness (QED) is 0.676. The monoisotopic (exact) mass is 216 g/mol. The fourth-order valence-electron chi connectivity index (χ4n) is 1.62. The summed E-state index contributed by atoms with van der Waals surface area (Å²) in [6.07, 6.45) is -4.45. The Labute approximate surface area is 84.1 Å². The van der Waals surface area contributed by atoms with E-state index in [9.17, 15) is 18.0 Å². The van der Waals surface area contributed by atoms with Crippen molar-refractivity contribution >= 4 is 6.91 Å². The molecule has 15 heavy (non-hydrogen) atoms. The van der Waals surface area contributed by atoms with E-state index in [1.807, 2.05) is 0 Å². The Hall–Kier alpha value is -1.11. The molecule has 0 saturated heterocycles. The second-order valence-electron chi connectivity index (χ2n) is 3.40. The molecule has 1 aromatic heterocycles. The van der Waals surface area contributed by atoms with Crippen molar-refractivity contribution in [2.75, 3.05) is 6.54 Å². The molecular formula is C8H8BF3N2O. The van der Waals surface area contributed by atoms with Gasteiger partial charge in [0.2, 0.25) is 0 Å². The molecule has 0 bridgehead atoms. The van der Waals surface area contributed by atoms with Gasteiger partial charge in [0.25, 0.3) is 0 Å². The molecule has 7 heteroatoms. The molecule has 0 radical (unpaired) electrons. The number of halogens is 3. The molecule has 0 aliphatic carbocycles. The SMILES string of the molecule is O=c1cc(C(F)(F)F)bc2n1CCNC2. The van der Waals surface area contributed by atoms with E-state index in [0.29, 0.717) is 31.3 Å². The second kappa shape index (κ2) is 3.48. The van der Waals surface area contributed by atoms with E-state index in [1.54, 1.807) is 0 Å². The van der Waals surface area contributed by atoms with Gasteiger partial charge < -0.3 is 0 Å². The van der Waals surface area contributed by atoms with E-state index in [2.05, 4.69) is 5.32 Å². The van der Waals surface area contributed by atoms with Crippen molar-refractivity contribution in [1.29, 1.82) is 0 Å². The first-order valence-electron chi connectivity index (χ1n) is 4.50. The van der Waals surface area contributed by atoms with E-state index in [-0.39, 0.29) is 0 Å². The van der Waals surface area contributed by atoms with Crippen molar-refractivity contribution in [3.63, 3.8) is 0 Å². The van der Waals surface area contributed by atoms with Crippen LogP contribution in [0.5, 0.6) is 0 Å².